The number of hydrogen-bond donors (Lipinski definition) is 2. The average molecular weight is 680 g/mol. The van der Waals surface area contributed by atoms with E-state index in [1.165, 1.54) is 17.4 Å². The molecule has 12 nitrogen and oxygen atoms in total. The zero-order chi connectivity index (χ0) is 34.9. The molecule has 48 heavy (non-hydrogen) atoms. The summed E-state index contributed by atoms with van der Waals surface area (Å²) in [4.78, 5) is 47.3. The van der Waals surface area contributed by atoms with Crippen molar-refractivity contribution in [2.45, 2.75) is 51.6 Å². The van der Waals surface area contributed by atoms with Crippen molar-refractivity contribution in [3.05, 3.63) is 83.3 Å². The fourth-order valence-electron chi connectivity index (χ4n) is 5.83. The summed E-state index contributed by atoms with van der Waals surface area (Å²) in [6.07, 6.45) is 3.66. The van der Waals surface area contributed by atoms with E-state index < -0.39 is 54.6 Å². The van der Waals surface area contributed by atoms with Crippen molar-refractivity contribution in [1.82, 2.24) is 25.0 Å². The Bertz CT molecular complexity index is 1780. The number of amidine groups is 1. The van der Waals surface area contributed by atoms with Gasteiger partial charge in [-0.15, -0.1) is 0 Å². The number of carbonyl (C=O) groups is 2. The molecule has 1 aromatic heterocycles. The van der Waals surface area contributed by atoms with Gasteiger partial charge in [-0.05, 0) is 42.0 Å². The van der Waals surface area contributed by atoms with Crippen molar-refractivity contribution in [3.63, 3.8) is 0 Å². The highest BCUT2D eigenvalue weighted by Crippen LogP contribution is 2.45. The highest BCUT2D eigenvalue weighted by atomic mass is 35.5. The second-order valence-corrected chi connectivity index (χ2v) is 13.1. The number of alkyl halides is 2. The van der Waals surface area contributed by atoms with Crippen molar-refractivity contribution in [2.24, 2.45) is 26.1 Å². The molecule has 0 saturated carbocycles. The zero-order valence-electron chi connectivity index (χ0n) is 27.0. The zero-order valence-corrected chi connectivity index (χ0v) is 27.7. The van der Waals surface area contributed by atoms with E-state index in [1.807, 2.05) is 20.8 Å². The smallest absolute Gasteiger partial charge is 0.410 e. The number of hydrogen-bond acceptors (Lipinski definition) is 8. The second-order valence-electron chi connectivity index (χ2n) is 12.7. The number of amides is 2. The van der Waals surface area contributed by atoms with Crippen LogP contribution < -0.4 is 5.73 Å². The first kappa shape index (κ1) is 34.4. The Labute approximate surface area is 281 Å². The van der Waals surface area contributed by atoms with E-state index in [-0.39, 0.29) is 12.4 Å². The standard InChI is InChI=1S/C33H36ClF2N9O3/c1-6-38-26(39-7-2)20-8-11-22(12-9-20)33(16-31(3,4)5)28(46)45(29(37)42-33)25(15-48-30(47)44-17-32(35,36)18-44)21-10-13-24(34)23(14-21)27-40-19-41-43-27/h6-14,19,25H,1,15-18H2,2-5H3,(H2,37,42)(H,40,41,43)/t25-,33-/m1/s1. The maximum atomic E-state index is 14.8. The summed E-state index contributed by atoms with van der Waals surface area (Å²) >= 11 is 6.50. The summed E-state index contributed by atoms with van der Waals surface area (Å²) in [5.41, 5.74) is 6.96. The van der Waals surface area contributed by atoms with Crippen molar-refractivity contribution in [2.75, 3.05) is 19.7 Å². The Hall–Kier alpha value is -4.98. The largest absolute Gasteiger partial charge is 0.447 e. The molecule has 0 radical (unpaired) electrons. The van der Waals surface area contributed by atoms with E-state index in [2.05, 4.69) is 31.7 Å². The quantitative estimate of drug-likeness (QED) is 0.218. The molecule has 3 heterocycles. The molecule has 1 saturated heterocycles. The number of rotatable bonds is 9. The molecule has 0 spiro atoms. The number of ether oxygens (including phenoxy) is 1. The van der Waals surface area contributed by atoms with Crippen LogP contribution in [0.5, 0.6) is 0 Å². The van der Waals surface area contributed by atoms with E-state index in [0.717, 1.165) is 4.90 Å². The lowest BCUT2D eigenvalue weighted by Crippen LogP contribution is -2.58. The Balaban J connectivity index is 1.56. The van der Waals surface area contributed by atoms with Crippen molar-refractivity contribution in [1.29, 1.82) is 0 Å². The summed E-state index contributed by atoms with van der Waals surface area (Å²) in [5, 5.41) is 7.00. The molecule has 3 aromatic rings. The van der Waals surface area contributed by atoms with Crippen LogP contribution in [-0.4, -0.2) is 80.6 Å². The van der Waals surface area contributed by atoms with E-state index in [4.69, 9.17) is 27.1 Å². The number of benzene rings is 2. The first-order chi connectivity index (χ1) is 22.7. The van der Waals surface area contributed by atoms with E-state index in [0.29, 0.717) is 38.9 Å². The minimum absolute atomic E-state index is 0.106. The number of aromatic nitrogens is 3. The van der Waals surface area contributed by atoms with Gasteiger partial charge in [0.2, 0.25) is 0 Å². The van der Waals surface area contributed by atoms with Crippen LogP contribution in [0.4, 0.5) is 13.6 Å². The number of nitrogens with two attached hydrogens (primary N) is 1. The van der Waals surface area contributed by atoms with E-state index >= 15 is 0 Å². The number of H-pyrrole nitrogens is 1. The second kappa shape index (κ2) is 13.3. The fraction of sp³-hybridized carbons (Fsp3) is 0.364. The van der Waals surface area contributed by atoms with Gasteiger partial charge in [-0.2, -0.15) is 5.10 Å². The molecule has 5 rings (SSSR count). The van der Waals surface area contributed by atoms with Gasteiger partial charge in [0.15, 0.2) is 23.2 Å². The predicted molar refractivity (Wildman–Crippen MR) is 179 cm³/mol. The van der Waals surface area contributed by atoms with E-state index in [9.17, 15) is 18.4 Å². The summed E-state index contributed by atoms with van der Waals surface area (Å²) in [6.45, 7) is 9.46. The predicted octanol–water partition coefficient (Wildman–Crippen LogP) is 5.72. The third-order valence-electron chi connectivity index (χ3n) is 7.82. The molecule has 3 N–H and O–H groups in total. The van der Waals surface area contributed by atoms with Gasteiger partial charge in [0.05, 0.1) is 24.2 Å². The van der Waals surface area contributed by atoms with Gasteiger partial charge < -0.3 is 10.5 Å². The van der Waals surface area contributed by atoms with Gasteiger partial charge in [0.1, 0.15) is 12.9 Å². The molecule has 15 heteroatoms. The van der Waals surface area contributed by atoms with Gasteiger partial charge >= 0.3 is 6.09 Å². The molecule has 1 fully saturated rings. The average Bonchev–Trinajstić information content (AvgIpc) is 3.63. The number of nitrogens with zero attached hydrogens (tertiary/aromatic N) is 7. The van der Waals surface area contributed by atoms with Crippen molar-refractivity contribution in [3.8, 4) is 11.4 Å². The van der Waals surface area contributed by atoms with Crippen LogP contribution in [0.3, 0.4) is 0 Å². The highest BCUT2D eigenvalue weighted by Gasteiger charge is 2.53. The lowest BCUT2D eigenvalue weighted by atomic mass is 9.75. The molecule has 0 bridgehead atoms. The molecule has 252 valence electrons. The Morgan fingerprint density at radius 1 is 1.23 bits per heavy atom. The molecular weight excluding hydrogens is 644 g/mol. The summed E-state index contributed by atoms with van der Waals surface area (Å²) in [5.74, 6) is -2.74. The van der Waals surface area contributed by atoms with Gasteiger partial charge in [-0.1, -0.05) is 69.3 Å². The molecule has 2 atom stereocenters. The molecule has 2 aromatic carbocycles. The Kier molecular flexibility index (Phi) is 9.49. The highest BCUT2D eigenvalue weighted by molar-refractivity contribution is 6.33. The minimum Gasteiger partial charge on any atom is -0.447 e. The number of carbonyl (C=O) groups excluding carboxylic acids is 2. The maximum absolute atomic E-state index is 14.8. The molecule has 2 amide bonds. The van der Waals surface area contributed by atoms with Crippen LogP contribution in [0, 0.1) is 5.41 Å². The van der Waals surface area contributed by atoms with Gasteiger partial charge in [-0.3, -0.25) is 19.7 Å². The number of halogens is 3. The van der Waals surface area contributed by atoms with Gasteiger partial charge in [0, 0.05) is 23.5 Å². The molecular formula is C33H36ClF2N9O3. The lowest BCUT2D eigenvalue weighted by Gasteiger charge is -2.38. The normalized spacial score (nSPS) is 20.1. The molecule has 2 aliphatic rings. The third-order valence-corrected chi connectivity index (χ3v) is 8.15. The molecule has 0 unspecified atom stereocenters. The SMILES string of the molecule is C=CN=C(N=CC)c1ccc([C@@]2(CC(C)(C)C)N=C(N)N([C@H](COC(=O)N3CC(F)(F)C3)c3ccc(Cl)c(-c4ncn[nH]4)c3)C2=O)cc1. The van der Waals surface area contributed by atoms with Crippen LogP contribution in [-0.2, 0) is 15.1 Å². The first-order valence-corrected chi connectivity index (χ1v) is 15.5. The summed E-state index contributed by atoms with van der Waals surface area (Å²) in [6, 6.07) is 11.1. The summed E-state index contributed by atoms with van der Waals surface area (Å²) < 4.78 is 32.6. The van der Waals surface area contributed by atoms with Crippen LogP contribution >= 0.6 is 11.6 Å². The third kappa shape index (κ3) is 6.98. The van der Waals surface area contributed by atoms with Crippen molar-refractivity contribution < 1.29 is 23.1 Å². The number of aromatic amines is 1. The Morgan fingerprint density at radius 3 is 2.52 bits per heavy atom. The minimum atomic E-state index is -2.98. The molecule has 2 aliphatic heterocycles. The maximum Gasteiger partial charge on any atom is 0.410 e. The number of guanidine groups is 1. The van der Waals surface area contributed by atoms with Crippen LogP contribution in [0.15, 0.2) is 76.5 Å². The van der Waals surface area contributed by atoms with Crippen LogP contribution in [0.2, 0.25) is 5.02 Å². The van der Waals surface area contributed by atoms with Crippen LogP contribution in [0.1, 0.15) is 56.8 Å². The lowest BCUT2D eigenvalue weighted by molar-refractivity contribution is -0.135. The fourth-order valence-corrected chi connectivity index (χ4v) is 6.04. The molecule has 0 aliphatic carbocycles. The monoisotopic (exact) mass is 679 g/mol. The van der Waals surface area contributed by atoms with Gasteiger partial charge in [0.25, 0.3) is 11.8 Å². The van der Waals surface area contributed by atoms with E-state index in [1.54, 1.807) is 55.6 Å². The number of nitrogens with one attached hydrogen (secondary N) is 1. The van der Waals surface area contributed by atoms with Crippen molar-refractivity contribution >= 4 is 41.6 Å². The first-order valence-electron chi connectivity index (χ1n) is 15.1. The number of likely N-dealkylation sites (tertiary alicyclic amines) is 1. The number of aliphatic imine (C=N–C) groups is 3. The topological polar surface area (TPSA) is 155 Å². The van der Waals surface area contributed by atoms with Crippen LogP contribution in [0.25, 0.3) is 11.4 Å². The van der Waals surface area contributed by atoms with Gasteiger partial charge in [-0.25, -0.2) is 33.5 Å². The Morgan fingerprint density at radius 2 is 1.94 bits per heavy atom. The summed E-state index contributed by atoms with van der Waals surface area (Å²) in [7, 11) is 0.